The summed E-state index contributed by atoms with van der Waals surface area (Å²) in [6, 6.07) is 4.07. The second-order valence-corrected chi connectivity index (χ2v) is 6.04. The second-order valence-electron chi connectivity index (χ2n) is 3.50. The van der Waals surface area contributed by atoms with Gasteiger partial charge < -0.3 is 9.64 Å². The van der Waals surface area contributed by atoms with Gasteiger partial charge in [0.1, 0.15) is 10.6 Å². The molecule has 5 nitrogen and oxygen atoms in total. The lowest BCUT2D eigenvalue weighted by Gasteiger charge is -2.12. The summed E-state index contributed by atoms with van der Waals surface area (Å²) in [5, 5.41) is 0. The van der Waals surface area contributed by atoms with E-state index in [1.54, 1.807) is 14.1 Å². The lowest BCUT2D eigenvalue weighted by atomic mass is 10.2. The molecule has 0 aliphatic heterocycles. The van der Waals surface area contributed by atoms with E-state index in [0.29, 0.717) is 0 Å². The van der Waals surface area contributed by atoms with E-state index in [0.717, 1.165) is 0 Å². The molecule has 0 heterocycles. The molecular weight excluding hydrogens is 266 g/mol. The third kappa shape index (κ3) is 3.10. The van der Waals surface area contributed by atoms with E-state index < -0.39 is 9.05 Å². The van der Waals surface area contributed by atoms with E-state index in [1.165, 1.54) is 30.2 Å². The molecule has 0 atom stereocenters. The Hall–Kier alpha value is -1.27. The molecule has 0 bridgehead atoms. The van der Waals surface area contributed by atoms with Crippen molar-refractivity contribution in [3.8, 4) is 5.75 Å². The van der Waals surface area contributed by atoms with Crippen LogP contribution in [0.4, 0.5) is 0 Å². The number of rotatable bonds is 3. The highest BCUT2D eigenvalue weighted by molar-refractivity contribution is 8.13. The molecule has 1 aromatic carbocycles. The molecule has 0 saturated carbocycles. The number of methoxy groups -OCH3 is 1. The van der Waals surface area contributed by atoms with E-state index in [4.69, 9.17) is 15.4 Å². The van der Waals surface area contributed by atoms with Gasteiger partial charge in [0.15, 0.2) is 0 Å². The van der Waals surface area contributed by atoms with Crippen LogP contribution < -0.4 is 4.74 Å². The van der Waals surface area contributed by atoms with Gasteiger partial charge in [-0.05, 0) is 18.2 Å². The molecule has 17 heavy (non-hydrogen) atoms. The van der Waals surface area contributed by atoms with Crippen LogP contribution in [0.15, 0.2) is 23.1 Å². The second kappa shape index (κ2) is 4.93. The maximum absolute atomic E-state index is 11.7. The Labute approximate surface area is 104 Å². The number of halogens is 1. The molecule has 0 aliphatic rings. The standard InChI is InChI=1S/C10H12ClNO4S/c1-12(2)10(13)7-4-5-8(16-3)9(6-7)17(11,14)15/h4-6H,1-3H3. The first-order chi connectivity index (χ1) is 7.77. The summed E-state index contributed by atoms with van der Waals surface area (Å²) in [4.78, 5) is 12.8. The van der Waals surface area contributed by atoms with Crippen molar-refractivity contribution in [2.75, 3.05) is 21.2 Å². The predicted molar refractivity (Wildman–Crippen MR) is 64.1 cm³/mol. The molecule has 94 valence electrons. The van der Waals surface area contributed by atoms with Gasteiger partial charge in [-0.1, -0.05) is 0 Å². The van der Waals surface area contributed by atoms with Gasteiger partial charge in [0.2, 0.25) is 0 Å². The highest BCUT2D eigenvalue weighted by atomic mass is 35.7. The molecule has 0 aliphatic carbocycles. The Bertz CT molecular complexity index is 539. The largest absolute Gasteiger partial charge is 0.495 e. The van der Waals surface area contributed by atoms with Gasteiger partial charge in [-0.2, -0.15) is 0 Å². The predicted octanol–water partition coefficient (Wildman–Crippen LogP) is 1.32. The summed E-state index contributed by atoms with van der Waals surface area (Å²) in [5.41, 5.74) is 0.232. The smallest absolute Gasteiger partial charge is 0.265 e. The Morgan fingerprint density at radius 3 is 2.35 bits per heavy atom. The number of carbonyl (C=O) groups excluding carboxylic acids is 1. The minimum atomic E-state index is -3.95. The SMILES string of the molecule is COc1ccc(C(=O)N(C)C)cc1S(=O)(=O)Cl. The van der Waals surface area contributed by atoms with E-state index >= 15 is 0 Å². The van der Waals surface area contributed by atoms with Crippen LogP contribution in [0.25, 0.3) is 0 Å². The minimum Gasteiger partial charge on any atom is -0.495 e. The summed E-state index contributed by atoms with van der Waals surface area (Å²) in [7, 11) is 5.78. The quantitative estimate of drug-likeness (QED) is 0.782. The lowest BCUT2D eigenvalue weighted by Crippen LogP contribution is -2.21. The van der Waals surface area contributed by atoms with Crippen molar-refractivity contribution in [2.45, 2.75) is 4.90 Å². The zero-order valence-electron chi connectivity index (χ0n) is 9.60. The van der Waals surface area contributed by atoms with Crippen molar-refractivity contribution in [3.05, 3.63) is 23.8 Å². The first-order valence-electron chi connectivity index (χ1n) is 4.61. The molecule has 1 amide bonds. The number of benzene rings is 1. The molecule has 0 saturated heterocycles. The van der Waals surface area contributed by atoms with Crippen molar-refractivity contribution in [3.63, 3.8) is 0 Å². The van der Waals surface area contributed by atoms with E-state index in [1.807, 2.05) is 0 Å². The molecule has 0 radical (unpaired) electrons. The third-order valence-corrected chi connectivity index (χ3v) is 3.42. The number of amides is 1. The molecule has 0 unspecified atom stereocenters. The molecule has 0 spiro atoms. The third-order valence-electron chi connectivity index (χ3n) is 2.08. The first kappa shape index (κ1) is 13.8. The van der Waals surface area contributed by atoms with Crippen LogP contribution in [-0.4, -0.2) is 40.4 Å². The molecular formula is C10H12ClNO4S. The lowest BCUT2D eigenvalue weighted by molar-refractivity contribution is 0.0827. The van der Waals surface area contributed by atoms with E-state index in [2.05, 4.69) is 0 Å². The topological polar surface area (TPSA) is 63.7 Å². The van der Waals surface area contributed by atoms with Crippen molar-refractivity contribution >= 4 is 25.6 Å². The molecule has 1 rings (SSSR count). The Morgan fingerprint density at radius 2 is 1.94 bits per heavy atom. The van der Waals surface area contributed by atoms with Crippen LogP contribution in [0.3, 0.4) is 0 Å². The average molecular weight is 278 g/mol. The number of carbonyl (C=O) groups is 1. The summed E-state index contributed by atoms with van der Waals surface area (Å²) in [6.45, 7) is 0. The van der Waals surface area contributed by atoms with Crippen LogP contribution in [0.5, 0.6) is 5.75 Å². The average Bonchev–Trinajstić information content (AvgIpc) is 2.25. The van der Waals surface area contributed by atoms with Gasteiger partial charge >= 0.3 is 0 Å². The van der Waals surface area contributed by atoms with Crippen molar-refractivity contribution < 1.29 is 17.9 Å². The van der Waals surface area contributed by atoms with Crippen molar-refractivity contribution in [2.24, 2.45) is 0 Å². The van der Waals surface area contributed by atoms with Crippen LogP contribution in [0.1, 0.15) is 10.4 Å². The van der Waals surface area contributed by atoms with Crippen LogP contribution in [-0.2, 0) is 9.05 Å². The summed E-state index contributed by atoms with van der Waals surface area (Å²) in [6.07, 6.45) is 0. The summed E-state index contributed by atoms with van der Waals surface area (Å²) >= 11 is 0. The number of nitrogens with zero attached hydrogens (tertiary/aromatic N) is 1. The molecule has 0 N–H and O–H groups in total. The van der Waals surface area contributed by atoms with E-state index in [-0.39, 0.29) is 22.1 Å². The normalized spacial score (nSPS) is 11.1. The van der Waals surface area contributed by atoms with Crippen LogP contribution in [0, 0.1) is 0 Å². The van der Waals surface area contributed by atoms with Crippen LogP contribution in [0.2, 0.25) is 0 Å². The maximum atomic E-state index is 11.7. The van der Waals surface area contributed by atoms with Crippen molar-refractivity contribution in [1.29, 1.82) is 0 Å². The monoisotopic (exact) mass is 277 g/mol. The summed E-state index contributed by atoms with van der Waals surface area (Å²) < 4.78 is 27.5. The first-order valence-corrected chi connectivity index (χ1v) is 6.92. The van der Waals surface area contributed by atoms with Crippen LogP contribution >= 0.6 is 10.7 Å². The fraction of sp³-hybridized carbons (Fsp3) is 0.300. The van der Waals surface area contributed by atoms with Gasteiger partial charge in [0.25, 0.3) is 15.0 Å². The fourth-order valence-electron chi connectivity index (χ4n) is 1.26. The molecule has 0 aromatic heterocycles. The molecule has 0 fully saturated rings. The summed E-state index contributed by atoms with van der Waals surface area (Å²) in [5.74, 6) is -0.204. The minimum absolute atomic E-state index is 0.107. The fourth-order valence-corrected chi connectivity index (χ4v) is 2.28. The van der Waals surface area contributed by atoms with Gasteiger partial charge in [0, 0.05) is 30.3 Å². The number of ether oxygens (including phenoxy) is 1. The van der Waals surface area contributed by atoms with Gasteiger partial charge in [-0.15, -0.1) is 0 Å². The Balaban J connectivity index is 3.38. The Morgan fingerprint density at radius 1 is 1.35 bits per heavy atom. The molecule has 1 aromatic rings. The number of hydrogen-bond donors (Lipinski definition) is 0. The zero-order chi connectivity index (χ0) is 13.2. The zero-order valence-corrected chi connectivity index (χ0v) is 11.2. The maximum Gasteiger partial charge on any atom is 0.265 e. The highest BCUT2D eigenvalue weighted by Gasteiger charge is 2.19. The van der Waals surface area contributed by atoms with Gasteiger partial charge in [0.05, 0.1) is 7.11 Å². The Kier molecular flexibility index (Phi) is 4.00. The van der Waals surface area contributed by atoms with Gasteiger partial charge in [-0.25, -0.2) is 8.42 Å². The highest BCUT2D eigenvalue weighted by Crippen LogP contribution is 2.28. The van der Waals surface area contributed by atoms with Gasteiger partial charge in [-0.3, -0.25) is 4.79 Å². The van der Waals surface area contributed by atoms with Crippen molar-refractivity contribution in [1.82, 2.24) is 4.90 Å². The van der Waals surface area contributed by atoms with E-state index in [9.17, 15) is 13.2 Å². The molecule has 7 heteroatoms. The number of hydrogen-bond acceptors (Lipinski definition) is 4.